The van der Waals surface area contributed by atoms with Crippen molar-refractivity contribution in [1.29, 1.82) is 0 Å². The highest BCUT2D eigenvalue weighted by atomic mass is 32.2. The van der Waals surface area contributed by atoms with Gasteiger partial charge in [0.1, 0.15) is 11.3 Å². The number of pyridine rings is 1. The number of rotatable bonds is 3. The molecular formula is C16H21N3OS. The summed E-state index contributed by atoms with van der Waals surface area (Å²) in [6.45, 7) is 2.77. The summed E-state index contributed by atoms with van der Waals surface area (Å²) in [4.78, 5) is 9.48. The summed E-state index contributed by atoms with van der Waals surface area (Å²) in [6, 6.07) is 4.06. The van der Waals surface area contributed by atoms with Crippen LogP contribution in [-0.2, 0) is 11.3 Å². The van der Waals surface area contributed by atoms with E-state index in [9.17, 15) is 0 Å². The van der Waals surface area contributed by atoms with E-state index in [0.29, 0.717) is 5.92 Å². The molecule has 2 aromatic heterocycles. The number of hydrogen-bond donors (Lipinski definition) is 0. The standard InChI is InChI=1S/C16H21N3OS/c1-4-14-16(17-6-1)19(9-12-5-8-21-11-12)15(18-14)13-3-2-7-20-10-13/h1,4,6,12-13H,2-3,5,7-11H2. The number of ether oxygens (including phenoxy) is 1. The molecule has 21 heavy (non-hydrogen) atoms. The van der Waals surface area contributed by atoms with Crippen LogP contribution in [0.2, 0.25) is 0 Å². The fraction of sp³-hybridized carbons (Fsp3) is 0.625. The van der Waals surface area contributed by atoms with E-state index < -0.39 is 0 Å². The Morgan fingerprint density at radius 2 is 2.38 bits per heavy atom. The minimum absolute atomic E-state index is 0.432. The molecule has 112 valence electrons. The van der Waals surface area contributed by atoms with Gasteiger partial charge in [-0.05, 0) is 48.8 Å². The predicted octanol–water partition coefficient (Wildman–Crippen LogP) is 3.08. The zero-order valence-electron chi connectivity index (χ0n) is 12.2. The van der Waals surface area contributed by atoms with Gasteiger partial charge < -0.3 is 9.30 Å². The Hall–Kier alpha value is -1.07. The predicted molar refractivity (Wildman–Crippen MR) is 85.8 cm³/mol. The van der Waals surface area contributed by atoms with Crippen molar-refractivity contribution >= 4 is 22.9 Å². The molecule has 2 aromatic rings. The Kier molecular flexibility index (Phi) is 3.86. The van der Waals surface area contributed by atoms with Gasteiger partial charge in [-0.1, -0.05) is 0 Å². The first-order valence-corrected chi connectivity index (χ1v) is 9.04. The van der Waals surface area contributed by atoms with Crippen molar-refractivity contribution in [2.75, 3.05) is 24.7 Å². The zero-order valence-corrected chi connectivity index (χ0v) is 13.0. The van der Waals surface area contributed by atoms with E-state index in [0.717, 1.165) is 43.3 Å². The van der Waals surface area contributed by atoms with E-state index in [1.807, 2.05) is 12.3 Å². The zero-order chi connectivity index (χ0) is 14.1. The van der Waals surface area contributed by atoms with Gasteiger partial charge in [0.25, 0.3) is 0 Å². The van der Waals surface area contributed by atoms with Crippen molar-refractivity contribution in [2.24, 2.45) is 5.92 Å². The van der Waals surface area contributed by atoms with Gasteiger partial charge in [-0.25, -0.2) is 9.97 Å². The molecule has 2 saturated heterocycles. The van der Waals surface area contributed by atoms with E-state index in [-0.39, 0.29) is 0 Å². The summed E-state index contributed by atoms with van der Waals surface area (Å²) in [6.07, 6.45) is 5.52. The molecule has 5 heteroatoms. The molecule has 0 aromatic carbocycles. The van der Waals surface area contributed by atoms with E-state index in [1.165, 1.54) is 30.2 Å². The number of thioether (sulfide) groups is 1. The lowest BCUT2D eigenvalue weighted by molar-refractivity contribution is 0.0769. The largest absolute Gasteiger partial charge is 0.381 e. The number of nitrogens with zero attached hydrogens (tertiary/aromatic N) is 3. The Balaban J connectivity index is 1.72. The lowest BCUT2D eigenvalue weighted by Gasteiger charge is -2.23. The van der Waals surface area contributed by atoms with Crippen molar-refractivity contribution in [2.45, 2.75) is 31.7 Å². The van der Waals surface area contributed by atoms with Crippen LogP contribution in [0.25, 0.3) is 11.2 Å². The summed E-state index contributed by atoms with van der Waals surface area (Å²) in [5.41, 5.74) is 2.08. The van der Waals surface area contributed by atoms with Crippen LogP contribution in [-0.4, -0.2) is 39.3 Å². The van der Waals surface area contributed by atoms with Crippen molar-refractivity contribution in [3.8, 4) is 0 Å². The normalized spacial score (nSPS) is 26.5. The Morgan fingerprint density at radius 1 is 1.38 bits per heavy atom. The maximum Gasteiger partial charge on any atom is 0.160 e. The highest BCUT2D eigenvalue weighted by Gasteiger charge is 2.25. The van der Waals surface area contributed by atoms with E-state index in [1.54, 1.807) is 0 Å². The molecule has 0 N–H and O–H groups in total. The maximum atomic E-state index is 5.68. The molecule has 4 nitrogen and oxygen atoms in total. The number of fused-ring (bicyclic) bond motifs is 1. The molecule has 0 bridgehead atoms. The molecule has 2 aliphatic heterocycles. The minimum atomic E-state index is 0.432. The lowest BCUT2D eigenvalue weighted by Crippen LogP contribution is -2.21. The molecule has 0 aliphatic carbocycles. The SMILES string of the molecule is c1cnc2c(c1)nc(C1CCCOC1)n2CC1CCSC1. The minimum Gasteiger partial charge on any atom is -0.381 e. The molecule has 2 unspecified atom stereocenters. The molecule has 0 spiro atoms. The quantitative estimate of drug-likeness (QED) is 0.873. The topological polar surface area (TPSA) is 39.9 Å². The number of hydrogen-bond acceptors (Lipinski definition) is 4. The highest BCUT2D eigenvalue weighted by Crippen LogP contribution is 2.31. The maximum absolute atomic E-state index is 5.68. The number of imidazole rings is 1. The van der Waals surface area contributed by atoms with E-state index in [2.05, 4.69) is 27.4 Å². The summed E-state index contributed by atoms with van der Waals surface area (Å²) < 4.78 is 8.06. The lowest BCUT2D eigenvalue weighted by atomic mass is 10.0. The molecule has 2 atom stereocenters. The molecule has 4 rings (SSSR count). The van der Waals surface area contributed by atoms with Crippen LogP contribution in [0.1, 0.15) is 31.0 Å². The van der Waals surface area contributed by atoms with Gasteiger partial charge in [0.2, 0.25) is 0 Å². The van der Waals surface area contributed by atoms with Crippen LogP contribution in [0.5, 0.6) is 0 Å². The van der Waals surface area contributed by atoms with Crippen molar-refractivity contribution in [1.82, 2.24) is 14.5 Å². The summed E-state index contributed by atoms with van der Waals surface area (Å²) in [5.74, 6) is 4.96. The Labute approximate surface area is 129 Å². The molecular weight excluding hydrogens is 282 g/mol. The summed E-state index contributed by atoms with van der Waals surface area (Å²) in [7, 11) is 0. The summed E-state index contributed by atoms with van der Waals surface area (Å²) in [5, 5.41) is 0. The first-order chi connectivity index (χ1) is 10.4. The molecule has 4 heterocycles. The van der Waals surface area contributed by atoms with Gasteiger partial charge in [-0.2, -0.15) is 11.8 Å². The second kappa shape index (κ2) is 5.97. The Bertz CT molecular complexity index is 615. The number of aromatic nitrogens is 3. The fourth-order valence-electron chi connectivity index (χ4n) is 3.40. The van der Waals surface area contributed by atoms with Gasteiger partial charge in [-0.15, -0.1) is 0 Å². The smallest absolute Gasteiger partial charge is 0.160 e. The molecule has 0 radical (unpaired) electrons. The first-order valence-electron chi connectivity index (χ1n) is 7.88. The second-order valence-electron chi connectivity index (χ2n) is 6.07. The van der Waals surface area contributed by atoms with Crippen LogP contribution in [0.4, 0.5) is 0 Å². The van der Waals surface area contributed by atoms with Gasteiger partial charge in [-0.3, -0.25) is 0 Å². The average molecular weight is 303 g/mol. The van der Waals surface area contributed by atoms with Crippen LogP contribution in [0, 0.1) is 5.92 Å². The average Bonchev–Trinajstić information content (AvgIpc) is 3.17. The van der Waals surface area contributed by atoms with E-state index >= 15 is 0 Å². The highest BCUT2D eigenvalue weighted by molar-refractivity contribution is 7.99. The van der Waals surface area contributed by atoms with Crippen LogP contribution in [0.15, 0.2) is 18.3 Å². The van der Waals surface area contributed by atoms with Crippen molar-refractivity contribution in [3.05, 3.63) is 24.2 Å². The monoisotopic (exact) mass is 303 g/mol. The second-order valence-corrected chi connectivity index (χ2v) is 7.22. The van der Waals surface area contributed by atoms with Crippen LogP contribution >= 0.6 is 11.8 Å². The van der Waals surface area contributed by atoms with Crippen molar-refractivity contribution < 1.29 is 4.74 Å². The third-order valence-electron chi connectivity index (χ3n) is 4.52. The van der Waals surface area contributed by atoms with E-state index in [4.69, 9.17) is 9.72 Å². The molecule has 0 amide bonds. The molecule has 0 saturated carbocycles. The fourth-order valence-corrected chi connectivity index (χ4v) is 4.67. The van der Waals surface area contributed by atoms with Gasteiger partial charge in [0, 0.05) is 25.3 Å². The molecule has 2 fully saturated rings. The van der Waals surface area contributed by atoms with Gasteiger partial charge in [0.05, 0.1) is 6.61 Å². The van der Waals surface area contributed by atoms with Crippen LogP contribution in [0.3, 0.4) is 0 Å². The van der Waals surface area contributed by atoms with Crippen LogP contribution < -0.4 is 0 Å². The first kappa shape index (κ1) is 13.6. The Morgan fingerprint density at radius 3 is 3.19 bits per heavy atom. The third kappa shape index (κ3) is 2.69. The van der Waals surface area contributed by atoms with Gasteiger partial charge in [0.15, 0.2) is 5.65 Å². The molecule has 2 aliphatic rings. The summed E-state index contributed by atoms with van der Waals surface area (Å²) >= 11 is 2.07. The van der Waals surface area contributed by atoms with Crippen molar-refractivity contribution in [3.63, 3.8) is 0 Å². The third-order valence-corrected chi connectivity index (χ3v) is 5.75. The van der Waals surface area contributed by atoms with Gasteiger partial charge >= 0.3 is 0 Å².